The van der Waals surface area contributed by atoms with Crippen LogP contribution in [0, 0.1) is 0 Å². The first-order chi connectivity index (χ1) is 9.11. The molecule has 0 saturated heterocycles. The lowest BCUT2D eigenvalue weighted by molar-refractivity contribution is -0.0542. The van der Waals surface area contributed by atoms with Crippen LogP contribution in [0.4, 0.5) is 0 Å². The Hall–Kier alpha value is -1.36. The monoisotopic (exact) mass is 266 g/mol. The Labute approximate surface area is 113 Å². The summed E-state index contributed by atoms with van der Waals surface area (Å²) in [6, 6.07) is 1.76. The Morgan fingerprint density at radius 1 is 1.37 bits per heavy atom. The molecule has 5 nitrogen and oxygen atoms in total. The number of nitrogens with zero attached hydrogens (tertiary/aromatic N) is 1. The van der Waals surface area contributed by atoms with Crippen LogP contribution in [0.5, 0.6) is 0 Å². The van der Waals surface area contributed by atoms with Gasteiger partial charge >= 0.3 is 5.97 Å². The average Bonchev–Trinajstić information content (AvgIpc) is 2.89. The van der Waals surface area contributed by atoms with Crippen LogP contribution in [0.1, 0.15) is 61.6 Å². The molecule has 0 aromatic carbocycles. The summed E-state index contributed by atoms with van der Waals surface area (Å²) < 4.78 is 10.9. The van der Waals surface area contributed by atoms with E-state index < -0.39 is 0 Å². The van der Waals surface area contributed by atoms with Crippen molar-refractivity contribution < 1.29 is 14.3 Å². The molecule has 2 atom stereocenters. The van der Waals surface area contributed by atoms with Crippen molar-refractivity contribution in [3.05, 3.63) is 17.5 Å². The third-order valence-corrected chi connectivity index (χ3v) is 3.63. The van der Waals surface area contributed by atoms with Gasteiger partial charge in [-0.05, 0) is 31.2 Å². The van der Waals surface area contributed by atoms with Crippen LogP contribution in [-0.2, 0) is 9.47 Å². The fourth-order valence-electron chi connectivity index (χ4n) is 2.40. The highest BCUT2D eigenvalue weighted by atomic mass is 16.6. The van der Waals surface area contributed by atoms with E-state index in [-0.39, 0.29) is 18.2 Å². The van der Waals surface area contributed by atoms with E-state index in [1.807, 2.05) is 13.8 Å². The number of methoxy groups -OCH3 is 1. The number of carbonyl (C=O) groups excluding carboxylic acids is 1. The molecular weight excluding hydrogens is 244 g/mol. The van der Waals surface area contributed by atoms with Gasteiger partial charge in [0.2, 0.25) is 0 Å². The number of rotatable bonds is 4. The quantitative estimate of drug-likeness (QED) is 0.851. The highest BCUT2D eigenvalue weighted by molar-refractivity contribution is 5.87. The molecule has 1 aromatic heterocycles. The zero-order valence-corrected chi connectivity index (χ0v) is 11.8. The van der Waals surface area contributed by atoms with Gasteiger partial charge in [-0.15, -0.1) is 0 Å². The Morgan fingerprint density at radius 2 is 2.05 bits per heavy atom. The minimum absolute atomic E-state index is 0.0150. The maximum absolute atomic E-state index is 12.1. The van der Waals surface area contributed by atoms with Gasteiger partial charge < -0.3 is 9.47 Å². The molecule has 106 valence electrons. The van der Waals surface area contributed by atoms with Gasteiger partial charge in [0.15, 0.2) is 5.69 Å². The molecule has 0 radical (unpaired) electrons. The Bertz CT molecular complexity index is 428. The first-order valence-electron chi connectivity index (χ1n) is 6.91. The van der Waals surface area contributed by atoms with E-state index in [9.17, 15) is 4.79 Å². The van der Waals surface area contributed by atoms with Crippen LogP contribution in [0.2, 0.25) is 0 Å². The fraction of sp³-hybridized carbons (Fsp3) is 0.714. The third kappa shape index (κ3) is 3.35. The normalized spacial score (nSPS) is 23.6. The van der Waals surface area contributed by atoms with E-state index in [0.29, 0.717) is 11.6 Å². The molecule has 1 aliphatic carbocycles. The van der Waals surface area contributed by atoms with Gasteiger partial charge in [-0.1, -0.05) is 20.3 Å². The first kappa shape index (κ1) is 14.1. The summed E-state index contributed by atoms with van der Waals surface area (Å²) >= 11 is 0. The van der Waals surface area contributed by atoms with Crippen molar-refractivity contribution >= 4 is 5.97 Å². The van der Waals surface area contributed by atoms with Crippen molar-refractivity contribution in [2.75, 3.05) is 7.11 Å². The highest BCUT2D eigenvalue weighted by Crippen LogP contribution is 2.24. The molecule has 0 unspecified atom stereocenters. The molecule has 1 aliphatic rings. The number of hydrogen-bond donors (Lipinski definition) is 1. The van der Waals surface area contributed by atoms with E-state index in [0.717, 1.165) is 31.4 Å². The van der Waals surface area contributed by atoms with Gasteiger partial charge in [-0.3, -0.25) is 5.10 Å². The maximum Gasteiger partial charge on any atom is 0.359 e. The molecule has 1 N–H and O–H groups in total. The van der Waals surface area contributed by atoms with Crippen LogP contribution in [0.3, 0.4) is 0 Å². The number of hydrogen-bond acceptors (Lipinski definition) is 4. The minimum Gasteiger partial charge on any atom is -0.455 e. The van der Waals surface area contributed by atoms with Crippen molar-refractivity contribution in [2.24, 2.45) is 0 Å². The molecular formula is C14H22N2O3. The van der Waals surface area contributed by atoms with Crippen LogP contribution in [0.15, 0.2) is 6.07 Å². The second-order valence-corrected chi connectivity index (χ2v) is 5.37. The summed E-state index contributed by atoms with van der Waals surface area (Å²) in [6.07, 6.45) is 3.90. The zero-order chi connectivity index (χ0) is 13.8. The first-order valence-corrected chi connectivity index (χ1v) is 6.91. The van der Waals surface area contributed by atoms with E-state index in [4.69, 9.17) is 9.47 Å². The smallest absolute Gasteiger partial charge is 0.359 e. The molecule has 5 heteroatoms. The lowest BCUT2D eigenvalue weighted by atomic mass is 9.94. The second kappa shape index (κ2) is 6.19. The molecule has 19 heavy (non-hydrogen) atoms. The molecule has 0 amide bonds. The van der Waals surface area contributed by atoms with Crippen LogP contribution >= 0.6 is 0 Å². The van der Waals surface area contributed by atoms with Crippen molar-refractivity contribution in [1.29, 1.82) is 0 Å². The van der Waals surface area contributed by atoms with Gasteiger partial charge in [-0.2, -0.15) is 5.10 Å². The molecule has 1 aromatic rings. The number of aromatic amines is 1. The molecule has 0 spiro atoms. The van der Waals surface area contributed by atoms with E-state index in [1.54, 1.807) is 13.2 Å². The lowest BCUT2D eigenvalue weighted by Crippen LogP contribution is -2.35. The zero-order valence-electron chi connectivity index (χ0n) is 11.8. The van der Waals surface area contributed by atoms with Gasteiger partial charge in [0, 0.05) is 12.8 Å². The topological polar surface area (TPSA) is 64.2 Å². The summed E-state index contributed by atoms with van der Waals surface area (Å²) in [5, 5.41) is 6.88. The van der Waals surface area contributed by atoms with Crippen LogP contribution < -0.4 is 0 Å². The van der Waals surface area contributed by atoms with E-state index >= 15 is 0 Å². The van der Waals surface area contributed by atoms with Crippen LogP contribution in [0.25, 0.3) is 0 Å². The molecule has 0 aliphatic heterocycles. The standard InChI is InChI=1S/C14H22N2O3/c1-9(2)10-8-11(16-15-10)14(17)19-13-7-5-4-6-12(13)18-3/h8-9,12-13H,4-7H2,1-3H3,(H,15,16)/t12-,13+/m1/s1. The maximum atomic E-state index is 12.1. The van der Waals surface area contributed by atoms with Crippen molar-refractivity contribution in [2.45, 2.75) is 57.7 Å². The van der Waals surface area contributed by atoms with Crippen molar-refractivity contribution in [1.82, 2.24) is 10.2 Å². The summed E-state index contributed by atoms with van der Waals surface area (Å²) in [7, 11) is 1.67. The van der Waals surface area contributed by atoms with Crippen LogP contribution in [-0.4, -0.2) is 35.5 Å². The molecule has 0 bridgehead atoms. The number of carbonyl (C=O) groups is 1. The number of aromatic nitrogens is 2. The molecule has 1 fully saturated rings. The number of nitrogens with one attached hydrogen (secondary N) is 1. The largest absolute Gasteiger partial charge is 0.455 e. The van der Waals surface area contributed by atoms with Crippen molar-refractivity contribution in [3.8, 4) is 0 Å². The Balaban J connectivity index is 1.99. The average molecular weight is 266 g/mol. The van der Waals surface area contributed by atoms with Gasteiger partial charge in [0.25, 0.3) is 0 Å². The minimum atomic E-state index is -0.364. The summed E-state index contributed by atoms with van der Waals surface area (Å²) in [4.78, 5) is 12.1. The number of H-pyrrole nitrogens is 1. The summed E-state index contributed by atoms with van der Waals surface area (Å²) in [5.74, 6) is -0.0486. The number of esters is 1. The highest BCUT2D eigenvalue weighted by Gasteiger charge is 2.29. The number of ether oxygens (including phenoxy) is 2. The van der Waals surface area contributed by atoms with E-state index in [1.165, 1.54) is 0 Å². The van der Waals surface area contributed by atoms with Gasteiger partial charge in [0.1, 0.15) is 6.10 Å². The fourth-order valence-corrected chi connectivity index (χ4v) is 2.40. The van der Waals surface area contributed by atoms with E-state index in [2.05, 4.69) is 10.2 Å². The Morgan fingerprint density at radius 3 is 2.63 bits per heavy atom. The molecule has 1 heterocycles. The molecule has 2 rings (SSSR count). The van der Waals surface area contributed by atoms with Gasteiger partial charge in [-0.25, -0.2) is 4.79 Å². The second-order valence-electron chi connectivity index (χ2n) is 5.37. The van der Waals surface area contributed by atoms with Gasteiger partial charge in [0.05, 0.1) is 6.10 Å². The Kier molecular flexibility index (Phi) is 4.58. The summed E-state index contributed by atoms with van der Waals surface area (Å²) in [5.41, 5.74) is 1.29. The SMILES string of the molecule is CO[C@@H]1CCCC[C@@H]1OC(=O)c1cc(C(C)C)[nH]n1. The third-order valence-electron chi connectivity index (χ3n) is 3.63. The lowest BCUT2D eigenvalue weighted by Gasteiger charge is -2.29. The summed E-state index contributed by atoms with van der Waals surface area (Å²) in [6.45, 7) is 4.09. The molecule has 1 saturated carbocycles. The predicted octanol–water partition coefficient (Wildman–Crippen LogP) is 2.65. The predicted molar refractivity (Wildman–Crippen MR) is 71.1 cm³/mol. The van der Waals surface area contributed by atoms with Crippen molar-refractivity contribution in [3.63, 3.8) is 0 Å².